The molecule has 1 aromatic rings. The summed E-state index contributed by atoms with van der Waals surface area (Å²) in [5.74, 6) is -0.668. The molecule has 1 fully saturated rings. The number of carbonyl (C=O) groups is 1. The zero-order valence-electron chi connectivity index (χ0n) is 12.0. The van der Waals surface area contributed by atoms with Crippen LogP contribution < -0.4 is 4.72 Å². The van der Waals surface area contributed by atoms with E-state index in [4.69, 9.17) is 9.47 Å². The number of aryl methyl sites for hydroxylation is 1. The third-order valence-corrected chi connectivity index (χ3v) is 5.98. The highest BCUT2D eigenvalue weighted by Gasteiger charge is 2.25. The molecular formula is C13H19NO5S2. The van der Waals surface area contributed by atoms with E-state index in [0.29, 0.717) is 13.2 Å². The van der Waals surface area contributed by atoms with Gasteiger partial charge in [-0.1, -0.05) is 0 Å². The molecule has 0 aromatic carbocycles. The van der Waals surface area contributed by atoms with Crippen LogP contribution in [0.3, 0.4) is 0 Å². The van der Waals surface area contributed by atoms with Crippen molar-refractivity contribution >= 4 is 27.3 Å². The number of amides is 1. The van der Waals surface area contributed by atoms with Gasteiger partial charge in [0.05, 0.1) is 12.7 Å². The summed E-state index contributed by atoms with van der Waals surface area (Å²) >= 11 is 1.12. The molecule has 0 spiro atoms. The van der Waals surface area contributed by atoms with Crippen molar-refractivity contribution < 1.29 is 22.7 Å². The molecule has 0 saturated carbocycles. The first-order valence-corrected chi connectivity index (χ1v) is 9.05. The normalized spacial score (nSPS) is 20.4. The number of sulfonamides is 1. The van der Waals surface area contributed by atoms with Gasteiger partial charge in [-0.25, -0.2) is 13.1 Å². The van der Waals surface area contributed by atoms with Crippen LogP contribution in [0.4, 0.5) is 0 Å². The number of thiophene rings is 1. The molecule has 2 atom stereocenters. The molecule has 118 valence electrons. The van der Waals surface area contributed by atoms with Crippen molar-refractivity contribution in [1.82, 2.24) is 4.72 Å². The number of nitrogens with one attached hydrogen (secondary N) is 1. The molecule has 0 unspecified atom stereocenters. The molecule has 21 heavy (non-hydrogen) atoms. The summed E-state index contributed by atoms with van der Waals surface area (Å²) in [5, 5.41) is 0. The third kappa shape index (κ3) is 4.50. The van der Waals surface area contributed by atoms with Crippen molar-refractivity contribution in [3.63, 3.8) is 0 Å². The van der Waals surface area contributed by atoms with Gasteiger partial charge in [-0.05, 0) is 38.8 Å². The average molecular weight is 333 g/mol. The molecule has 0 radical (unpaired) electrons. The summed E-state index contributed by atoms with van der Waals surface area (Å²) in [4.78, 5) is 12.8. The Labute approximate surface area is 128 Å². The van der Waals surface area contributed by atoms with Crippen LogP contribution in [-0.4, -0.2) is 39.7 Å². The quantitative estimate of drug-likeness (QED) is 0.852. The Bertz CT molecular complexity index is 589. The molecule has 1 N–H and O–H groups in total. The van der Waals surface area contributed by atoms with Gasteiger partial charge in [-0.2, -0.15) is 0 Å². The first-order chi connectivity index (χ1) is 9.88. The zero-order chi connectivity index (χ0) is 15.5. The van der Waals surface area contributed by atoms with Gasteiger partial charge in [0, 0.05) is 11.5 Å². The molecule has 1 aliphatic rings. The fourth-order valence-corrected chi connectivity index (χ4v) is 4.25. The largest absolute Gasteiger partial charge is 0.376 e. The number of hydrogen-bond donors (Lipinski definition) is 1. The van der Waals surface area contributed by atoms with E-state index < -0.39 is 22.0 Å². The topological polar surface area (TPSA) is 81.7 Å². The Balaban J connectivity index is 1.87. The maximum atomic E-state index is 12.0. The first-order valence-electron chi connectivity index (χ1n) is 6.75. The summed E-state index contributed by atoms with van der Waals surface area (Å²) in [5.41, 5.74) is 0. The van der Waals surface area contributed by atoms with Crippen molar-refractivity contribution in [3.8, 4) is 0 Å². The van der Waals surface area contributed by atoms with Crippen LogP contribution in [0.2, 0.25) is 0 Å². The Morgan fingerprint density at radius 1 is 1.57 bits per heavy atom. The Morgan fingerprint density at radius 3 is 2.90 bits per heavy atom. The SMILES string of the molecule is Cc1ccc(S(=O)(=O)NC(=O)[C@@H](C)OC[C@@H]2CCCO2)s1. The van der Waals surface area contributed by atoms with E-state index in [0.717, 1.165) is 29.1 Å². The van der Waals surface area contributed by atoms with E-state index in [-0.39, 0.29) is 10.3 Å². The second-order valence-electron chi connectivity index (χ2n) is 4.95. The zero-order valence-corrected chi connectivity index (χ0v) is 13.6. The van der Waals surface area contributed by atoms with Gasteiger partial charge in [-0.15, -0.1) is 11.3 Å². The van der Waals surface area contributed by atoms with E-state index in [9.17, 15) is 13.2 Å². The summed E-state index contributed by atoms with van der Waals surface area (Å²) in [7, 11) is -3.81. The van der Waals surface area contributed by atoms with Crippen LogP contribution in [-0.2, 0) is 24.3 Å². The van der Waals surface area contributed by atoms with Crippen molar-refractivity contribution in [2.24, 2.45) is 0 Å². The highest BCUT2D eigenvalue weighted by atomic mass is 32.2. The van der Waals surface area contributed by atoms with Crippen molar-refractivity contribution in [2.45, 2.75) is 43.1 Å². The van der Waals surface area contributed by atoms with Gasteiger partial charge >= 0.3 is 0 Å². The lowest BCUT2D eigenvalue weighted by molar-refractivity contribution is -0.131. The maximum Gasteiger partial charge on any atom is 0.273 e. The fourth-order valence-electron chi connectivity index (χ4n) is 1.93. The van der Waals surface area contributed by atoms with Crippen LogP contribution in [0.15, 0.2) is 16.3 Å². The molecule has 1 saturated heterocycles. The summed E-state index contributed by atoms with van der Waals surface area (Å²) < 4.78 is 37.0. The number of ether oxygens (including phenoxy) is 2. The second-order valence-corrected chi connectivity index (χ2v) is 8.14. The van der Waals surface area contributed by atoms with E-state index in [1.807, 2.05) is 4.72 Å². The summed E-state index contributed by atoms with van der Waals surface area (Å²) in [6.45, 7) is 4.34. The predicted molar refractivity (Wildman–Crippen MR) is 78.8 cm³/mol. The predicted octanol–water partition coefficient (Wildman–Crippen LogP) is 1.45. The van der Waals surface area contributed by atoms with Crippen LogP contribution >= 0.6 is 11.3 Å². The number of hydrogen-bond acceptors (Lipinski definition) is 6. The minimum Gasteiger partial charge on any atom is -0.376 e. The standard InChI is InChI=1S/C13H19NO5S2/c1-9-5-6-12(20-9)21(16,17)14-13(15)10(2)19-8-11-4-3-7-18-11/h5-6,10-11H,3-4,7-8H2,1-2H3,(H,14,15)/t10-,11+/m1/s1. The number of carbonyl (C=O) groups excluding carboxylic acids is 1. The molecule has 8 heteroatoms. The van der Waals surface area contributed by atoms with E-state index in [2.05, 4.69) is 0 Å². The van der Waals surface area contributed by atoms with Crippen LogP contribution in [0, 0.1) is 6.92 Å². The van der Waals surface area contributed by atoms with E-state index >= 15 is 0 Å². The van der Waals surface area contributed by atoms with Gasteiger partial charge in [0.25, 0.3) is 15.9 Å². The Kier molecular flexibility index (Phi) is 5.37. The number of rotatable bonds is 6. The molecule has 0 aliphatic carbocycles. The molecule has 2 rings (SSSR count). The van der Waals surface area contributed by atoms with Crippen LogP contribution in [0.5, 0.6) is 0 Å². The molecule has 6 nitrogen and oxygen atoms in total. The average Bonchev–Trinajstić information content (AvgIpc) is 3.06. The van der Waals surface area contributed by atoms with Crippen molar-refractivity contribution in [1.29, 1.82) is 0 Å². The van der Waals surface area contributed by atoms with Gasteiger partial charge in [-0.3, -0.25) is 4.79 Å². The molecule has 2 heterocycles. The fraction of sp³-hybridized carbons (Fsp3) is 0.615. The van der Waals surface area contributed by atoms with Crippen molar-refractivity contribution in [2.75, 3.05) is 13.2 Å². The highest BCUT2D eigenvalue weighted by Crippen LogP contribution is 2.20. The monoisotopic (exact) mass is 333 g/mol. The third-order valence-electron chi connectivity index (χ3n) is 3.14. The van der Waals surface area contributed by atoms with Gasteiger partial charge in [0.2, 0.25) is 0 Å². The Hall–Kier alpha value is -0.960. The first kappa shape index (κ1) is 16.4. The van der Waals surface area contributed by atoms with Crippen LogP contribution in [0.1, 0.15) is 24.6 Å². The lowest BCUT2D eigenvalue weighted by atomic mass is 10.2. The van der Waals surface area contributed by atoms with Gasteiger partial charge in [0.1, 0.15) is 10.3 Å². The van der Waals surface area contributed by atoms with E-state index in [1.165, 1.54) is 13.0 Å². The van der Waals surface area contributed by atoms with Crippen molar-refractivity contribution in [3.05, 3.63) is 17.0 Å². The summed E-state index contributed by atoms with van der Waals surface area (Å²) in [6.07, 6.45) is 1.05. The minimum absolute atomic E-state index is 0.00296. The molecular weight excluding hydrogens is 314 g/mol. The smallest absolute Gasteiger partial charge is 0.273 e. The van der Waals surface area contributed by atoms with E-state index in [1.54, 1.807) is 13.0 Å². The van der Waals surface area contributed by atoms with Gasteiger partial charge < -0.3 is 9.47 Å². The Morgan fingerprint density at radius 2 is 2.33 bits per heavy atom. The molecule has 1 amide bonds. The summed E-state index contributed by atoms with van der Waals surface area (Å²) in [6, 6.07) is 3.18. The maximum absolute atomic E-state index is 12.0. The molecule has 1 aromatic heterocycles. The lowest BCUT2D eigenvalue weighted by Crippen LogP contribution is -2.39. The molecule has 0 bridgehead atoms. The molecule has 1 aliphatic heterocycles. The minimum atomic E-state index is -3.81. The lowest BCUT2D eigenvalue weighted by Gasteiger charge is -2.15. The highest BCUT2D eigenvalue weighted by molar-refractivity contribution is 7.92. The van der Waals surface area contributed by atoms with Gasteiger partial charge in [0.15, 0.2) is 0 Å². The second kappa shape index (κ2) is 6.87. The van der Waals surface area contributed by atoms with Crippen LogP contribution in [0.25, 0.3) is 0 Å².